The first-order chi connectivity index (χ1) is 11.6. The smallest absolute Gasteiger partial charge is 0.0506 e. The number of ether oxygens (including phenoxy) is 1. The molecular weight excluding hydrogens is 294 g/mol. The molecule has 24 heavy (non-hydrogen) atoms. The van der Waals surface area contributed by atoms with Crippen LogP contribution in [0, 0.1) is 6.92 Å². The molecule has 0 bridgehead atoms. The van der Waals surface area contributed by atoms with Gasteiger partial charge in [-0.25, -0.2) is 0 Å². The molecule has 138 valence electrons. The Bertz CT molecular complexity index is 440. The lowest BCUT2D eigenvalue weighted by Crippen LogP contribution is -2.01. The van der Waals surface area contributed by atoms with Crippen molar-refractivity contribution in [3.8, 4) is 0 Å². The van der Waals surface area contributed by atoms with Gasteiger partial charge in [0, 0.05) is 18.5 Å². The predicted molar refractivity (Wildman–Crippen MR) is 110 cm³/mol. The van der Waals surface area contributed by atoms with E-state index in [0.717, 1.165) is 32.5 Å². The van der Waals surface area contributed by atoms with Gasteiger partial charge in [0.2, 0.25) is 0 Å². The van der Waals surface area contributed by atoms with Crippen molar-refractivity contribution in [2.24, 2.45) is 4.99 Å². The summed E-state index contributed by atoms with van der Waals surface area (Å²) in [5.41, 5.74) is 5.13. The Kier molecular flexibility index (Phi) is 18.6. The quantitative estimate of drug-likeness (QED) is 0.380. The van der Waals surface area contributed by atoms with E-state index in [-0.39, 0.29) is 0 Å². The minimum absolute atomic E-state index is 0.796. The van der Waals surface area contributed by atoms with Crippen molar-refractivity contribution < 1.29 is 4.74 Å². The summed E-state index contributed by atoms with van der Waals surface area (Å²) in [6.45, 7) is 17.9. The molecule has 1 aromatic rings. The van der Waals surface area contributed by atoms with Crippen molar-refractivity contribution in [2.75, 3.05) is 13.2 Å². The highest BCUT2D eigenvalue weighted by Crippen LogP contribution is 2.12. The number of nitrogens with zero attached hydrogens (tertiary/aromatic N) is 1. The highest BCUT2D eigenvalue weighted by atomic mass is 16.5. The Labute approximate surface area is 151 Å². The summed E-state index contributed by atoms with van der Waals surface area (Å²) in [6, 6.07) is 8.66. The maximum atomic E-state index is 5.70. The van der Waals surface area contributed by atoms with E-state index in [1.54, 1.807) is 0 Å². The van der Waals surface area contributed by atoms with E-state index in [0.29, 0.717) is 0 Å². The van der Waals surface area contributed by atoms with E-state index < -0.39 is 0 Å². The molecule has 0 unspecified atom stereocenters. The third-order valence-electron chi connectivity index (χ3n) is 3.22. The third kappa shape index (κ3) is 13.1. The molecule has 2 nitrogen and oxygen atoms in total. The number of rotatable bonds is 8. The Morgan fingerprint density at radius 2 is 1.58 bits per heavy atom. The molecular formula is C22H39NO. The average molecular weight is 334 g/mol. The summed E-state index contributed by atoms with van der Waals surface area (Å²) >= 11 is 0. The van der Waals surface area contributed by atoms with Crippen molar-refractivity contribution in [2.45, 2.75) is 74.7 Å². The SMILES string of the molecule is CC.CC.CC=NC(CCCOCCc1ccc(C)cc1)=C(C)C. The second kappa shape index (κ2) is 17.9. The molecule has 0 saturated carbocycles. The Balaban J connectivity index is 0. The van der Waals surface area contributed by atoms with E-state index in [9.17, 15) is 0 Å². The molecule has 0 N–H and O–H groups in total. The molecule has 0 atom stereocenters. The van der Waals surface area contributed by atoms with Gasteiger partial charge in [-0.15, -0.1) is 0 Å². The van der Waals surface area contributed by atoms with Gasteiger partial charge in [-0.3, -0.25) is 4.99 Å². The van der Waals surface area contributed by atoms with Crippen LogP contribution in [0.1, 0.15) is 72.4 Å². The van der Waals surface area contributed by atoms with E-state index in [1.165, 1.54) is 22.4 Å². The Morgan fingerprint density at radius 1 is 1.00 bits per heavy atom. The van der Waals surface area contributed by atoms with E-state index in [4.69, 9.17) is 4.74 Å². The number of hydrogen-bond acceptors (Lipinski definition) is 2. The molecule has 1 rings (SSSR count). The van der Waals surface area contributed by atoms with Crippen molar-refractivity contribution in [1.29, 1.82) is 0 Å². The van der Waals surface area contributed by atoms with Crippen LogP contribution in [0.5, 0.6) is 0 Å². The second-order valence-electron chi connectivity index (χ2n) is 5.29. The van der Waals surface area contributed by atoms with E-state index in [2.05, 4.69) is 50.0 Å². The monoisotopic (exact) mass is 333 g/mol. The zero-order chi connectivity index (χ0) is 18.8. The number of allylic oxidation sites excluding steroid dienone is 2. The van der Waals surface area contributed by atoms with Crippen LogP contribution in [0.3, 0.4) is 0 Å². The topological polar surface area (TPSA) is 21.6 Å². The first-order valence-electron chi connectivity index (χ1n) is 9.41. The van der Waals surface area contributed by atoms with Gasteiger partial charge in [-0.05, 0) is 52.5 Å². The van der Waals surface area contributed by atoms with Crippen LogP contribution in [0.2, 0.25) is 0 Å². The van der Waals surface area contributed by atoms with Crippen LogP contribution in [0.15, 0.2) is 40.5 Å². The summed E-state index contributed by atoms with van der Waals surface area (Å²) in [4.78, 5) is 4.40. The molecule has 0 radical (unpaired) electrons. The lowest BCUT2D eigenvalue weighted by Gasteiger charge is -2.06. The van der Waals surface area contributed by atoms with Crippen LogP contribution in [0.25, 0.3) is 0 Å². The molecule has 0 fully saturated rings. The zero-order valence-corrected chi connectivity index (χ0v) is 17.3. The lowest BCUT2D eigenvalue weighted by atomic mass is 10.1. The van der Waals surface area contributed by atoms with Crippen LogP contribution in [-0.4, -0.2) is 19.4 Å². The molecule has 0 aliphatic carbocycles. The standard InChI is InChI=1S/C18H27NO.2C2H6/c1-5-19-18(15(2)3)7-6-13-20-14-12-17-10-8-16(4)9-11-17;2*1-2/h5,8-11H,6-7,12-14H2,1-4H3;2*1-2H3. The Hall–Kier alpha value is -1.41. The molecule has 0 aromatic heterocycles. The van der Waals surface area contributed by atoms with Gasteiger partial charge in [0.15, 0.2) is 0 Å². The van der Waals surface area contributed by atoms with E-state index in [1.807, 2.05) is 40.8 Å². The first-order valence-corrected chi connectivity index (χ1v) is 9.41. The first kappa shape index (κ1) is 24.8. The van der Waals surface area contributed by atoms with Crippen LogP contribution >= 0.6 is 0 Å². The molecule has 0 heterocycles. The van der Waals surface area contributed by atoms with E-state index >= 15 is 0 Å². The zero-order valence-electron chi connectivity index (χ0n) is 17.3. The highest BCUT2D eigenvalue weighted by molar-refractivity contribution is 5.55. The van der Waals surface area contributed by atoms with Gasteiger partial charge >= 0.3 is 0 Å². The van der Waals surface area contributed by atoms with Crippen molar-refractivity contribution >= 4 is 6.21 Å². The molecule has 0 aliphatic heterocycles. The summed E-state index contributed by atoms with van der Waals surface area (Å²) in [5.74, 6) is 0. The largest absolute Gasteiger partial charge is 0.381 e. The summed E-state index contributed by atoms with van der Waals surface area (Å²) in [6.07, 6.45) is 4.88. The van der Waals surface area contributed by atoms with Crippen LogP contribution in [-0.2, 0) is 11.2 Å². The minimum Gasteiger partial charge on any atom is -0.381 e. The normalized spacial score (nSPS) is 9.67. The number of benzene rings is 1. The number of hydrogen-bond donors (Lipinski definition) is 0. The van der Waals surface area contributed by atoms with Gasteiger partial charge in [-0.2, -0.15) is 0 Å². The Morgan fingerprint density at radius 3 is 2.08 bits per heavy atom. The molecule has 1 aromatic carbocycles. The maximum Gasteiger partial charge on any atom is 0.0506 e. The van der Waals surface area contributed by atoms with Gasteiger partial charge in [0.05, 0.1) is 6.61 Å². The maximum absolute atomic E-state index is 5.70. The number of aliphatic imine (C=N–C) groups is 1. The van der Waals surface area contributed by atoms with Crippen LogP contribution in [0.4, 0.5) is 0 Å². The second-order valence-corrected chi connectivity index (χ2v) is 5.29. The van der Waals surface area contributed by atoms with Gasteiger partial charge in [0.1, 0.15) is 0 Å². The fourth-order valence-electron chi connectivity index (χ4n) is 1.99. The van der Waals surface area contributed by atoms with Crippen LogP contribution < -0.4 is 0 Å². The van der Waals surface area contributed by atoms with Gasteiger partial charge < -0.3 is 4.74 Å². The predicted octanol–water partition coefficient (Wildman–Crippen LogP) is 6.77. The fourth-order valence-corrected chi connectivity index (χ4v) is 1.99. The van der Waals surface area contributed by atoms with Gasteiger partial charge in [-0.1, -0.05) is 63.1 Å². The third-order valence-corrected chi connectivity index (χ3v) is 3.22. The summed E-state index contributed by atoms with van der Waals surface area (Å²) in [7, 11) is 0. The van der Waals surface area contributed by atoms with Crippen molar-refractivity contribution in [3.63, 3.8) is 0 Å². The lowest BCUT2D eigenvalue weighted by molar-refractivity contribution is 0.135. The van der Waals surface area contributed by atoms with Crippen molar-refractivity contribution in [3.05, 3.63) is 46.7 Å². The molecule has 0 amide bonds. The molecule has 0 saturated heterocycles. The fraction of sp³-hybridized carbons (Fsp3) is 0.591. The molecule has 0 aliphatic rings. The minimum atomic E-state index is 0.796. The average Bonchev–Trinajstić information content (AvgIpc) is 2.62. The number of aryl methyl sites for hydroxylation is 1. The summed E-state index contributed by atoms with van der Waals surface area (Å²) < 4.78 is 5.70. The van der Waals surface area contributed by atoms with Gasteiger partial charge in [0.25, 0.3) is 0 Å². The summed E-state index contributed by atoms with van der Waals surface area (Å²) in [5, 5.41) is 0. The molecule has 0 spiro atoms. The van der Waals surface area contributed by atoms with Crippen molar-refractivity contribution in [1.82, 2.24) is 0 Å². The highest BCUT2D eigenvalue weighted by Gasteiger charge is 1.98. The molecule has 2 heteroatoms.